The molecular formula is C27H38N4O7. The van der Waals surface area contributed by atoms with Crippen LogP contribution in [-0.4, -0.2) is 70.2 Å². The number of nitrogens with one attached hydrogen (secondary N) is 2. The molecule has 0 aliphatic carbocycles. The van der Waals surface area contributed by atoms with Gasteiger partial charge in [0, 0.05) is 26.0 Å². The fraction of sp³-hybridized carbons (Fsp3) is 0.407. The van der Waals surface area contributed by atoms with Crippen molar-refractivity contribution in [1.82, 2.24) is 0 Å². The highest BCUT2D eigenvalue weighted by molar-refractivity contribution is 5.69. The minimum atomic E-state index is -1.23. The molecule has 2 aromatic carbocycles. The predicted molar refractivity (Wildman–Crippen MR) is 147 cm³/mol. The zero-order chi connectivity index (χ0) is 28.5. The van der Waals surface area contributed by atoms with Gasteiger partial charge >= 0.3 is 11.9 Å². The highest BCUT2D eigenvalue weighted by Gasteiger charge is 2.28. The van der Waals surface area contributed by atoms with Crippen molar-refractivity contribution < 1.29 is 34.4 Å². The van der Waals surface area contributed by atoms with Crippen LogP contribution in [0.25, 0.3) is 0 Å². The van der Waals surface area contributed by atoms with Crippen molar-refractivity contribution in [2.24, 2.45) is 16.1 Å². The number of ether oxygens (including phenoxy) is 2. The van der Waals surface area contributed by atoms with Crippen LogP contribution in [-0.2, 0) is 19.1 Å². The van der Waals surface area contributed by atoms with E-state index >= 15 is 0 Å². The van der Waals surface area contributed by atoms with Crippen LogP contribution in [0.2, 0.25) is 0 Å². The third kappa shape index (κ3) is 13.5. The molecule has 208 valence electrons. The fourth-order valence-corrected chi connectivity index (χ4v) is 3.05. The van der Waals surface area contributed by atoms with E-state index in [0.717, 1.165) is 17.6 Å². The molecule has 6 atom stereocenters. The van der Waals surface area contributed by atoms with Crippen molar-refractivity contribution in [2.45, 2.75) is 65.1 Å². The number of rotatable bonds is 12. The van der Waals surface area contributed by atoms with Crippen LogP contribution in [0.15, 0.2) is 70.9 Å². The first-order valence-electron chi connectivity index (χ1n) is 12.1. The molecule has 5 N–H and O–H groups in total. The predicted octanol–water partition coefficient (Wildman–Crippen LogP) is 2.79. The second kappa shape index (κ2) is 17.6. The van der Waals surface area contributed by atoms with Crippen LogP contribution in [0.3, 0.4) is 0 Å². The van der Waals surface area contributed by atoms with E-state index in [4.69, 9.17) is 14.6 Å². The molecule has 0 heterocycles. The van der Waals surface area contributed by atoms with Gasteiger partial charge in [-0.2, -0.15) is 10.2 Å². The lowest BCUT2D eigenvalue weighted by atomic mass is 10.0. The minimum absolute atomic E-state index is 0.227. The number of carbonyl (C=O) groups excluding carboxylic acids is 2. The van der Waals surface area contributed by atoms with Crippen LogP contribution < -0.4 is 10.9 Å². The SMILES string of the molecule is CC(=O)O[C@@H]([C@H](C)OC(C)=O)[C@@H](C)/C=N/Nc1ccccc1.C[C@H](O)[C@H](O)[C@@H](O)/C=N/Nc1ccccc1. The first kappa shape index (κ1) is 32.2. The Morgan fingerprint density at radius 3 is 1.63 bits per heavy atom. The summed E-state index contributed by atoms with van der Waals surface area (Å²) < 4.78 is 10.3. The molecular weight excluding hydrogens is 492 g/mol. The average molecular weight is 531 g/mol. The Kier molecular flexibility index (Phi) is 14.9. The van der Waals surface area contributed by atoms with Gasteiger partial charge in [0.1, 0.15) is 24.4 Å². The molecule has 11 heteroatoms. The van der Waals surface area contributed by atoms with E-state index in [1.54, 1.807) is 13.1 Å². The van der Waals surface area contributed by atoms with E-state index in [0.29, 0.717) is 0 Å². The van der Waals surface area contributed by atoms with Gasteiger partial charge in [-0.1, -0.05) is 43.3 Å². The number of carbonyl (C=O) groups is 2. The van der Waals surface area contributed by atoms with Crippen LogP contribution in [0.4, 0.5) is 11.4 Å². The van der Waals surface area contributed by atoms with Crippen molar-refractivity contribution in [3.05, 3.63) is 60.7 Å². The molecule has 0 fully saturated rings. The van der Waals surface area contributed by atoms with Crippen LogP contribution in [0, 0.1) is 5.92 Å². The Morgan fingerprint density at radius 2 is 1.21 bits per heavy atom. The number of hydrazone groups is 2. The number of aliphatic hydroxyl groups is 3. The maximum atomic E-state index is 11.2. The molecule has 0 aliphatic rings. The first-order valence-corrected chi connectivity index (χ1v) is 12.1. The van der Waals surface area contributed by atoms with Gasteiger partial charge in [-0.05, 0) is 38.1 Å². The lowest BCUT2D eigenvalue weighted by Crippen LogP contribution is -2.38. The fourth-order valence-electron chi connectivity index (χ4n) is 3.05. The van der Waals surface area contributed by atoms with Gasteiger partial charge in [0.25, 0.3) is 0 Å². The molecule has 38 heavy (non-hydrogen) atoms. The summed E-state index contributed by atoms with van der Waals surface area (Å²) in [7, 11) is 0. The summed E-state index contributed by atoms with van der Waals surface area (Å²) >= 11 is 0. The Bertz CT molecular complexity index is 1000. The highest BCUT2D eigenvalue weighted by atomic mass is 16.6. The molecule has 0 unspecified atom stereocenters. The Hall–Kier alpha value is -3.80. The molecule has 2 aromatic rings. The number of esters is 2. The number of hydrogen-bond donors (Lipinski definition) is 5. The smallest absolute Gasteiger partial charge is 0.303 e. The highest BCUT2D eigenvalue weighted by Crippen LogP contribution is 2.14. The van der Waals surface area contributed by atoms with Gasteiger partial charge in [-0.15, -0.1) is 0 Å². The van der Waals surface area contributed by atoms with Crippen molar-refractivity contribution in [1.29, 1.82) is 0 Å². The summed E-state index contributed by atoms with van der Waals surface area (Å²) in [5.41, 5.74) is 7.20. The summed E-state index contributed by atoms with van der Waals surface area (Å²) in [6, 6.07) is 18.7. The second-order valence-corrected chi connectivity index (χ2v) is 8.48. The first-order chi connectivity index (χ1) is 18.0. The minimum Gasteiger partial charge on any atom is -0.459 e. The summed E-state index contributed by atoms with van der Waals surface area (Å²) in [5.74, 6) is -1.08. The van der Waals surface area contributed by atoms with E-state index < -0.39 is 42.5 Å². The maximum absolute atomic E-state index is 11.2. The summed E-state index contributed by atoms with van der Waals surface area (Å²) in [6.45, 7) is 7.55. The number of aliphatic hydroxyl groups excluding tert-OH is 3. The third-order valence-electron chi connectivity index (χ3n) is 4.95. The molecule has 0 saturated carbocycles. The quantitative estimate of drug-likeness (QED) is 0.158. The molecule has 11 nitrogen and oxygen atoms in total. The largest absolute Gasteiger partial charge is 0.459 e. The summed E-state index contributed by atoms with van der Waals surface area (Å²) in [4.78, 5) is 22.3. The third-order valence-corrected chi connectivity index (χ3v) is 4.95. The van der Waals surface area contributed by atoms with Gasteiger partial charge in [0.15, 0.2) is 0 Å². The Labute approximate surface area is 223 Å². The molecule has 2 rings (SSSR count). The second-order valence-electron chi connectivity index (χ2n) is 8.48. The monoisotopic (exact) mass is 530 g/mol. The number of para-hydroxylation sites is 2. The van der Waals surface area contributed by atoms with E-state index in [9.17, 15) is 19.8 Å². The molecule has 0 aromatic heterocycles. The van der Waals surface area contributed by atoms with Crippen LogP contribution >= 0.6 is 0 Å². The van der Waals surface area contributed by atoms with E-state index in [1.807, 2.05) is 67.6 Å². The van der Waals surface area contributed by atoms with Crippen molar-refractivity contribution in [3.63, 3.8) is 0 Å². The average Bonchev–Trinajstić information content (AvgIpc) is 2.87. The number of anilines is 2. The van der Waals surface area contributed by atoms with Crippen LogP contribution in [0.1, 0.15) is 34.6 Å². The molecule has 0 radical (unpaired) electrons. The maximum Gasteiger partial charge on any atom is 0.303 e. The van der Waals surface area contributed by atoms with Crippen molar-refractivity contribution >= 4 is 35.7 Å². The van der Waals surface area contributed by atoms with Crippen molar-refractivity contribution in [2.75, 3.05) is 10.9 Å². The van der Waals surface area contributed by atoms with Gasteiger partial charge in [0.05, 0.1) is 23.7 Å². The summed E-state index contributed by atoms with van der Waals surface area (Å²) in [6.07, 6.45) is -1.82. The summed E-state index contributed by atoms with van der Waals surface area (Å²) in [5, 5.41) is 35.5. The van der Waals surface area contributed by atoms with Crippen LogP contribution in [0.5, 0.6) is 0 Å². The molecule has 0 spiro atoms. The molecule has 0 bridgehead atoms. The molecule has 0 saturated heterocycles. The Morgan fingerprint density at radius 1 is 0.763 bits per heavy atom. The topological polar surface area (TPSA) is 162 Å². The molecule has 0 aliphatic heterocycles. The van der Waals surface area contributed by atoms with Gasteiger partial charge in [-0.3, -0.25) is 20.4 Å². The number of benzene rings is 2. The normalized spacial score (nSPS) is 15.8. The van der Waals surface area contributed by atoms with E-state index in [1.165, 1.54) is 20.8 Å². The van der Waals surface area contributed by atoms with Gasteiger partial charge in [0.2, 0.25) is 0 Å². The lowest BCUT2D eigenvalue weighted by molar-refractivity contribution is -0.165. The van der Waals surface area contributed by atoms with E-state index in [2.05, 4.69) is 21.1 Å². The van der Waals surface area contributed by atoms with Gasteiger partial charge < -0.3 is 24.8 Å². The standard InChI is InChI=1S/C16H22N2O4.C11H16N2O3/c1-11(10-17-18-15-8-6-5-7-9-15)16(22-14(4)20)12(2)21-13(3)19;1-8(14)11(16)10(15)7-12-13-9-5-3-2-4-6-9/h5-12,16,18H,1-4H3;2-8,10-11,13-16H,1H3/b17-10+;12-7+/t11-,12-,16+;8-,10-,11-/m00/s1. The lowest BCUT2D eigenvalue weighted by Gasteiger charge is -2.26. The zero-order valence-corrected chi connectivity index (χ0v) is 22.3. The van der Waals surface area contributed by atoms with Gasteiger partial charge in [-0.25, -0.2) is 0 Å². The Balaban J connectivity index is 0.000000399. The zero-order valence-electron chi connectivity index (χ0n) is 22.3. The number of hydrogen-bond acceptors (Lipinski definition) is 11. The molecule has 0 amide bonds. The number of nitrogens with zero attached hydrogens (tertiary/aromatic N) is 2. The van der Waals surface area contributed by atoms with Crippen molar-refractivity contribution in [3.8, 4) is 0 Å². The van der Waals surface area contributed by atoms with E-state index in [-0.39, 0.29) is 5.92 Å².